The van der Waals surface area contributed by atoms with Gasteiger partial charge < -0.3 is 10.2 Å². The lowest BCUT2D eigenvalue weighted by molar-refractivity contribution is 0.385. The minimum absolute atomic E-state index is 0.204. The molecule has 178 valence electrons. The van der Waals surface area contributed by atoms with Crippen LogP contribution in [0.25, 0.3) is 0 Å². The number of hydrogen-bond acceptors (Lipinski definition) is 2. The van der Waals surface area contributed by atoms with Crippen molar-refractivity contribution in [1.82, 2.24) is 0 Å². The summed E-state index contributed by atoms with van der Waals surface area (Å²) in [5.41, 5.74) is 2.31. The summed E-state index contributed by atoms with van der Waals surface area (Å²) in [4.78, 5) is 0. The molecule has 0 aliphatic heterocycles. The average molecular weight is 423 g/mol. The normalized spacial score (nSPS) is 12.4. The second-order valence-corrected chi connectivity index (χ2v) is 10.0. The van der Waals surface area contributed by atoms with Gasteiger partial charge in [0.25, 0.3) is 0 Å². The molecule has 0 aliphatic rings. The Morgan fingerprint density at radius 1 is 0.767 bits per heavy atom. The van der Waals surface area contributed by atoms with Crippen LogP contribution in [0.1, 0.15) is 138 Å². The summed E-state index contributed by atoms with van der Waals surface area (Å²) < 4.78 is 0. The van der Waals surface area contributed by atoms with E-state index in [0.717, 1.165) is 29.5 Å². The maximum atomic E-state index is 11.1. The van der Waals surface area contributed by atoms with E-state index in [2.05, 4.69) is 55.4 Å². The van der Waals surface area contributed by atoms with Gasteiger partial charge in [0, 0.05) is 16.7 Å². The fraction of sp³-hybridized carbons (Fsp3) is 0.786. The highest BCUT2D eigenvalue weighted by Crippen LogP contribution is 2.45. The van der Waals surface area contributed by atoms with Crippen molar-refractivity contribution in [2.45, 2.75) is 139 Å². The van der Waals surface area contributed by atoms with Crippen LogP contribution in [0.5, 0.6) is 11.5 Å². The van der Waals surface area contributed by atoms with Gasteiger partial charge in [0.2, 0.25) is 0 Å². The Bertz CT molecular complexity index is 574. The third kappa shape index (κ3) is 9.75. The summed E-state index contributed by atoms with van der Waals surface area (Å²) in [6.07, 6.45) is 8.15. The van der Waals surface area contributed by atoms with E-state index in [1.165, 1.54) is 32.1 Å². The minimum Gasteiger partial charge on any atom is -0.508 e. The third-order valence-corrected chi connectivity index (χ3v) is 5.35. The maximum absolute atomic E-state index is 11.1. The van der Waals surface area contributed by atoms with Crippen LogP contribution in [0.3, 0.4) is 0 Å². The molecule has 0 amide bonds. The van der Waals surface area contributed by atoms with Crippen LogP contribution in [-0.4, -0.2) is 10.2 Å². The molecule has 1 aromatic carbocycles. The van der Waals surface area contributed by atoms with E-state index in [0.29, 0.717) is 17.4 Å². The predicted molar refractivity (Wildman–Crippen MR) is 136 cm³/mol. The molecule has 1 unspecified atom stereocenters. The van der Waals surface area contributed by atoms with E-state index >= 15 is 0 Å². The lowest BCUT2D eigenvalue weighted by atomic mass is 9.75. The number of hydrogen-bond donors (Lipinski definition) is 2. The summed E-state index contributed by atoms with van der Waals surface area (Å²) in [5, 5.41) is 22.0. The first-order valence-electron chi connectivity index (χ1n) is 12.5. The number of phenols is 2. The van der Waals surface area contributed by atoms with E-state index < -0.39 is 0 Å². The predicted octanol–water partition coefficient (Wildman–Crippen LogP) is 9.28. The highest BCUT2D eigenvalue weighted by molar-refractivity contribution is 5.57. The van der Waals surface area contributed by atoms with Crippen LogP contribution in [0.2, 0.25) is 0 Å². The first-order valence-corrected chi connectivity index (χ1v) is 12.5. The molecule has 2 N–H and O–H groups in total. The van der Waals surface area contributed by atoms with Crippen molar-refractivity contribution in [1.29, 1.82) is 0 Å². The van der Waals surface area contributed by atoms with Crippen LogP contribution < -0.4 is 0 Å². The van der Waals surface area contributed by atoms with Gasteiger partial charge in [-0.25, -0.2) is 0 Å². The van der Waals surface area contributed by atoms with Gasteiger partial charge >= 0.3 is 0 Å². The Kier molecular flexibility index (Phi) is 15.3. The summed E-state index contributed by atoms with van der Waals surface area (Å²) in [7, 11) is 0. The fourth-order valence-corrected chi connectivity index (χ4v) is 4.01. The molecule has 30 heavy (non-hydrogen) atoms. The molecule has 0 radical (unpaired) electrons. The Labute approximate surface area is 189 Å². The van der Waals surface area contributed by atoms with Gasteiger partial charge in [-0.3, -0.25) is 0 Å². The summed E-state index contributed by atoms with van der Waals surface area (Å²) in [6, 6.07) is 1.80. The van der Waals surface area contributed by atoms with Crippen molar-refractivity contribution in [3.8, 4) is 11.5 Å². The number of aromatic hydroxyl groups is 2. The zero-order valence-electron chi connectivity index (χ0n) is 22.5. The SMILES string of the molecule is CC.CC.CCCCCC(CCC)Cc1c(O)cc(C(C)(C)C)c(O)c1C(C)(C)C. The van der Waals surface area contributed by atoms with Gasteiger partial charge in [-0.2, -0.15) is 0 Å². The quantitative estimate of drug-likeness (QED) is 0.323. The number of benzene rings is 1. The lowest BCUT2D eigenvalue weighted by Gasteiger charge is -2.31. The third-order valence-electron chi connectivity index (χ3n) is 5.35. The number of rotatable bonds is 8. The molecule has 0 saturated heterocycles. The van der Waals surface area contributed by atoms with Gasteiger partial charge in [0.05, 0.1) is 0 Å². The first kappa shape index (κ1) is 31.0. The molecular formula is C28H54O2. The van der Waals surface area contributed by atoms with Crippen LogP contribution >= 0.6 is 0 Å². The van der Waals surface area contributed by atoms with Gasteiger partial charge in [-0.15, -0.1) is 0 Å². The zero-order chi connectivity index (χ0) is 24.1. The Morgan fingerprint density at radius 2 is 1.30 bits per heavy atom. The fourth-order valence-electron chi connectivity index (χ4n) is 4.01. The van der Waals surface area contributed by atoms with Crippen molar-refractivity contribution in [2.75, 3.05) is 0 Å². The van der Waals surface area contributed by atoms with Crippen molar-refractivity contribution < 1.29 is 10.2 Å². The lowest BCUT2D eigenvalue weighted by Crippen LogP contribution is -2.20. The summed E-state index contributed by atoms with van der Waals surface area (Å²) >= 11 is 0. The van der Waals surface area contributed by atoms with Crippen LogP contribution in [-0.2, 0) is 17.3 Å². The maximum Gasteiger partial charge on any atom is 0.123 e. The molecular weight excluding hydrogens is 368 g/mol. The molecule has 0 bridgehead atoms. The van der Waals surface area contributed by atoms with Crippen molar-refractivity contribution in [3.05, 3.63) is 22.8 Å². The average Bonchev–Trinajstić information content (AvgIpc) is 2.66. The minimum atomic E-state index is -0.210. The number of phenolic OH excluding ortho intramolecular Hbond substituents is 2. The Hall–Kier alpha value is -1.18. The van der Waals surface area contributed by atoms with Crippen LogP contribution in [0, 0.1) is 5.92 Å². The first-order chi connectivity index (χ1) is 13.9. The molecule has 0 spiro atoms. The molecule has 0 fully saturated rings. The monoisotopic (exact) mass is 422 g/mol. The largest absolute Gasteiger partial charge is 0.508 e. The highest BCUT2D eigenvalue weighted by atomic mass is 16.3. The zero-order valence-corrected chi connectivity index (χ0v) is 22.5. The van der Waals surface area contributed by atoms with E-state index in [9.17, 15) is 10.2 Å². The molecule has 2 nitrogen and oxygen atoms in total. The highest BCUT2D eigenvalue weighted by Gasteiger charge is 2.31. The molecule has 1 atom stereocenters. The topological polar surface area (TPSA) is 40.5 Å². The van der Waals surface area contributed by atoms with E-state index in [-0.39, 0.29) is 10.8 Å². The second kappa shape index (κ2) is 14.8. The molecule has 0 aliphatic carbocycles. The van der Waals surface area contributed by atoms with E-state index in [4.69, 9.17) is 0 Å². The van der Waals surface area contributed by atoms with Crippen LogP contribution in [0.15, 0.2) is 6.07 Å². The smallest absolute Gasteiger partial charge is 0.123 e. The molecule has 0 heterocycles. The molecule has 1 aromatic rings. The molecule has 2 heteroatoms. The Balaban J connectivity index is 0. The van der Waals surface area contributed by atoms with Crippen molar-refractivity contribution in [3.63, 3.8) is 0 Å². The summed E-state index contributed by atoms with van der Waals surface area (Å²) in [6.45, 7) is 25.1. The molecule has 1 rings (SSSR count). The van der Waals surface area contributed by atoms with E-state index in [1.54, 1.807) is 6.07 Å². The van der Waals surface area contributed by atoms with Crippen LogP contribution in [0.4, 0.5) is 0 Å². The standard InChI is InChI=1S/C24H42O2.2C2H6/c1-9-11-12-14-17(13-10-2)15-18-20(25)16-19(23(3,4)5)22(26)21(18)24(6,7)8;2*1-2/h16-17,25-26H,9-15H2,1-8H3;2*1-2H3. The van der Waals surface area contributed by atoms with Gasteiger partial charge in [0.1, 0.15) is 11.5 Å². The van der Waals surface area contributed by atoms with Crippen molar-refractivity contribution in [2.24, 2.45) is 5.92 Å². The van der Waals surface area contributed by atoms with Gasteiger partial charge in [0.15, 0.2) is 0 Å². The number of unbranched alkanes of at least 4 members (excludes halogenated alkanes) is 2. The van der Waals surface area contributed by atoms with Gasteiger partial charge in [-0.05, 0) is 29.2 Å². The van der Waals surface area contributed by atoms with Gasteiger partial charge in [-0.1, -0.05) is 122 Å². The molecule has 0 saturated carbocycles. The van der Waals surface area contributed by atoms with E-state index in [1.807, 2.05) is 27.7 Å². The second-order valence-electron chi connectivity index (χ2n) is 10.0. The Morgan fingerprint density at radius 3 is 1.70 bits per heavy atom. The summed E-state index contributed by atoms with van der Waals surface area (Å²) in [5.74, 6) is 1.30. The molecule has 0 aromatic heterocycles. The van der Waals surface area contributed by atoms with Crippen molar-refractivity contribution >= 4 is 0 Å².